The molecule has 0 aromatic heterocycles. The first-order valence-corrected chi connectivity index (χ1v) is 7.74. The van der Waals surface area contributed by atoms with Crippen LogP contribution in [0.25, 0.3) is 0 Å². The highest BCUT2D eigenvalue weighted by molar-refractivity contribution is 6.15. The van der Waals surface area contributed by atoms with Gasteiger partial charge >= 0.3 is 17.9 Å². The van der Waals surface area contributed by atoms with E-state index in [2.05, 4.69) is 5.32 Å². The van der Waals surface area contributed by atoms with Gasteiger partial charge in [-0.2, -0.15) is 0 Å². The number of carbonyl (C=O) groups excluding carboxylic acids is 3. The van der Waals surface area contributed by atoms with Crippen molar-refractivity contribution in [3.05, 3.63) is 41.6 Å². The van der Waals surface area contributed by atoms with Crippen molar-refractivity contribution in [2.24, 2.45) is 0 Å². The second-order valence-corrected chi connectivity index (χ2v) is 6.96. The van der Waals surface area contributed by atoms with Gasteiger partial charge < -0.3 is 19.5 Å². The van der Waals surface area contributed by atoms with Crippen LogP contribution >= 0.6 is 0 Å². The molecule has 1 aromatic rings. The van der Waals surface area contributed by atoms with Gasteiger partial charge in [-0.25, -0.2) is 14.4 Å². The molecule has 0 radical (unpaired) electrons. The largest absolute Gasteiger partial charge is 0.456 e. The van der Waals surface area contributed by atoms with Gasteiger partial charge in [0.05, 0.1) is 5.56 Å². The SMILES string of the molecule is CC(C)(C)OC(=O)c1cccc(NC=C2C(=O)OC(C)(C)OC2=O)c1. The van der Waals surface area contributed by atoms with E-state index >= 15 is 0 Å². The Morgan fingerprint density at radius 1 is 1.16 bits per heavy atom. The van der Waals surface area contributed by atoms with Crippen LogP contribution in [0.3, 0.4) is 0 Å². The number of hydrogen-bond donors (Lipinski definition) is 1. The molecule has 0 atom stereocenters. The first-order valence-electron chi connectivity index (χ1n) is 7.74. The number of esters is 3. The number of benzene rings is 1. The predicted molar refractivity (Wildman–Crippen MR) is 89.6 cm³/mol. The molecule has 1 fully saturated rings. The van der Waals surface area contributed by atoms with E-state index in [1.807, 2.05) is 0 Å². The number of anilines is 1. The van der Waals surface area contributed by atoms with Gasteiger partial charge in [0.25, 0.3) is 5.79 Å². The van der Waals surface area contributed by atoms with Crippen LogP contribution in [-0.2, 0) is 23.8 Å². The highest BCUT2D eigenvalue weighted by Crippen LogP contribution is 2.23. The van der Waals surface area contributed by atoms with Crippen molar-refractivity contribution in [3.63, 3.8) is 0 Å². The summed E-state index contributed by atoms with van der Waals surface area (Å²) < 4.78 is 15.3. The molecule has 1 aromatic carbocycles. The predicted octanol–water partition coefficient (Wildman–Crippen LogP) is 2.77. The quantitative estimate of drug-likeness (QED) is 0.511. The van der Waals surface area contributed by atoms with Crippen LogP contribution in [0.4, 0.5) is 5.69 Å². The molecule has 7 heteroatoms. The summed E-state index contributed by atoms with van der Waals surface area (Å²) >= 11 is 0. The van der Waals surface area contributed by atoms with Crippen molar-refractivity contribution in [1.82, 2.24) is 0 Å². The van der Waals surface area contributed by atoms with E-state index in [9.17, 15) is 14.4 Å². The fourth-order valence-electron chi connectivity index (χ4n) is 2.01. The average Bonchev–Trinajstić information content (AvgIpc) is 2.43. The zero-order chi connectivity index (χ0) is 18.8. The average molecular weight is 347 g/mol. The minimum Gasteiger partial charge on any atom is -0.456 e. The van der Waals surface area contributed by atoms with Gasteiger partial charge in [0, 0.05) is 25.7 Å². The summed E-state index contributed by atoms with van der Waals surface area (Å²) in [6.07, 6.45) is 1.19. The monoisotopic (exact) mass is 347 g/mol. The summed E-state index contributed by atoms with van der Waals surface area (Å²) in [7, 11) is 0. The van der Waals surface area contributed by atoms with Crippen LogP contribution in [0, 0.1) is 0 Å². The second-order valence-electron chi connectivity index (χ2n) is 6.96. The van der Waals surface area contributed by atoms with Crippen LogP contribution in [-0.4, -0.2) is 29.3 Å². The number of carbonyl (C=O) groups is 3. The van der Waals surface area contributed by atoms with Gasteiger partial charge in [0.15, 0.2) is 5.57 Å². The molecular formula is C18H21NO6. The van der Waals surface area contributed by atoms with Crippen molar-refractivity contribution in [2.45, 2.75) is 46.0 Å². The van der Waals surface area contributed by atoms with Gasteiger partial charge in [0.2, 0.25) is 0 Å². The Morgan fingerprint density at radius 3 is 2.32 bits per heavy atom. The lowest BCUT2D eigenvalue weighted by molar-refractivity contribution is -0.222. The number of rotatable bonds is 3. The molecular weight excluding hydrogens is 326 g/mol. The highest BCUT2D eigenvalue weighted by Gasteiger charge is 2.38. The van der Waals surface area contributed by atoms with E-state index in [1.165, 1.54) is 20.0 Å². The Kier molecular flexibility index (Phi) is 4.87. The number of cyclic esters (lactones) is 2. The molecule has 1 saturated heterocycles. The van der Waals surface area contributed by atoms with E-state index in [0.717, 1.165) is 0 Å². The molecule has 0 bridgehead atoms. The Bertz CT molecular complexity index is 720. The van der Waals surface area contributed by atoms with Crippen LogP contribution in [0.1, 0.15) is 45.0 Å². The van der Waals surface area contributed by atoms with E-state index in [4.69, 9.17) is 14.2 Å². The molecule has 0 spiro atoms. The fourth-order valence-corrected chi connectivity index (χ4v) is 2.01. The zero-order valence-corrected chi connectivity index (χ0v) is 14.8. The Balaban J connectivity index is 2.14. The third-order valence-electron chi connectivity index (χ3n) is 3.00. The second kappa shape index (κ2) is 6.58. The van der Waals surface area contributed by atoms with Gasteiger partial charge in [-0.05, 0) is 39.0 Å². The molecule has 25 heavy (non-hydrogen) atoms. The number of ether oxygens (including phenoxy) is 3. The third-order valence-corrected chi connectivity index (χ3v) is 3.00. The summed E-state index contributed by atoms with van der Waals surface area (Å²) in [5, 5.41) is 2.79. The lowest BCUT2D eigenvalue weighted by Gasteiger charge is -2.29. The van der Waals surface area contributed by atoms with E-state index in [0.29, 0.717) is 11.3 Å². The Morgan fingerprint density at radius 2 is 1.76 bits per heavy atom. The lowest BCUT2D eigenvalue weighted by Crippen LogP contribution is -2.42. The van der Waals surface area contributed by atoms with Crippen molar-refractivity contribution >= 4 is 23.6 Å². The third kappa shape index (κ3) is 5.07. The fraction of sp³-hybridized carbons (Fsp3) is 0.389. The zero-order valence-electron chi connectivity index (χ0n) is 14.8. The lowest BCUT2D eigenvalue weighted by atomic mass is 10.1. The molecule has 0 amide bonds. The summed E-state index contributed by atoms with van der Waals surface area (Å²) in [5.74, 6) is -3.32. The molecule has 1 N–H and O–H groups in total. The van der Waals surface area contributed by atoms with Crippen molar-refractivity contribution < 1.29 is 28.6 Å². The first-order chi connectivity index (χ1) is 11.5. The Hall–Kier alpha value is -2.83. The first kappa shape index (κ1) is 18.5. The maximum Gasteiger partial charge on any atom is 0.350 e. The smallest absolute Gasteiger partial charge is 0.350 e. The summed E-state index contributed by atoms with van der Waals surface area (Å²) in [6.45, 7) is 8.27. The topological polar surface area (TPSA) is 90.9 Å². The number of nitrogens with one attached hydrogen (secondary N) is 1. The van der Waals surface area contributed by atoms with Crippen LogP contribution in [0.15, 0.2) is 36.0 Å². The molecule has 1 aliphatic heterocycles. The van der Waals surface area contributed by atoms with Crippen molar-refractivity contribution in [1.29, 1.82) is 0 Å². The van der Waals surface area contributed by atoms with Crippen LogP contribution < -0.4 is 5.32 Å². The number of hydrogen-bond acceptors (Lipinski definition) is 7. The van der Waals surface area contributed by atoms with Gasteiger partial charge in [-0.15, -0.1) is 0 Å². The van der Waals surface area contributed by atoms with E-state index < -0.39 is 29.3 Å². The maximum absolute atomic E-state index is 12.1. The van der Waals surface area contributed by atoms with E-state index in [1.54, 1.807) is 45.0 Å². The minimum absolute atomic E-state index is 0.262. The minimum atomic E-state index is -1.29. The molecule has 7 nitrogen and oxygen atoms in total. The molecule has 0 unspecified atom stereocenters. The van der Waals surface area contributed by atoms with Gasteiger partial charge in [-0.3, -0.25) is 0 Å². The van der Waals surface area contributed by atoms with Gasteiger partial charge in [-0.1, -0.05) is 6.07 Å². The highest BCUT2D eigenvalue weighted by atomic mass is 16.7. The molecule has 0 aliphatic carbocycles. The van der Waals surface area contributed by atoms with E-state index in [-0.39, 0.29) is 5.57 Å². The van der Waals surface area contributed by atoms with Crippen LogP contribution in [0.2, 0.25) is 0 Å². The normalized spacial score (nSPS) is 16.6. The maximum atomic E-state index is 12.1. The summed E-state index contributed by atoms with van der Waals surface area (Å²) in [5.41, 5.74) is -0.0261. The summed E-state index contributed by atoms with van der Waals surface area (Å²) in [6, 6.07) is 6.49. The molecule has 0 saturated carbocycles. The van der Waals surface area contributed by atoms with Crippen molar-refractivity contribution in [3.8, 4) is 0 Å². The molecule has 2 rings (SSSR count). The molecule has 1 heterocycles. The Labute approximate surface area is 145 Å². The standard InChI is InChI=1S/C18H21NO6/c1-17(2,3)23-14(20)11-7-6-8-12(9-11)19-10-13-15(21)24-18(4,5)25-16(13)22/h6-10,19H,1-5H3. The molecule has 134 valence electrons. The molecule has 1 aliphatic rings. The van der Waals surface area contributed by atoms with Crippen molar-refractivity contribution in [2.75, 3.05) is 5.32 Å². The summed E-state index contributed by atoms with van der Waals surface area (Å²) in [4.78, 5) is 35.8. The van der Waals surface area contributed by atoms with Gasteiger partial charge in [0.1, 0.15) is 5.60 Å². The van der Waals surface area contributed by atoms with Crippen LogP contribution in [0.5, 0.6) is 0 Å².